The third-order valence-corrected chi connectivity index (χ3v) is 8.43. The first-order valence-electron chi connectivity index (χ1n) is 13.0. The molecule has 1 unspecified atom stereocenters. The molecule has 2 saturated heterocycles. The van der Waals surface area contributed by atoms with Crippen molar-refractivity contribution in [2.75, 3.05) is 42.9 Å². The molecule has 0 spiro atoms. The Hall–Kier alpha value is -2.09. The highest BCUT2D eigenvalue weighted by Gasteiger charge is 2.31. The summed E-state index contributed by atoms with van der Waals surface area (Å²) in [5.74, 6) is 1.93. The number of benzene rings is 1. The van der Waals surface area contributed by atoms with Crippen molar-refractivity contribution in [3.63, 3.8) is 0 Å². The maximum absolute atomic E-state index is 11.0. The van der Waals surface area contributed by atoms with Gasteiger partial charge in [0.1, 0.15) is 5.02 Å². The lowest BCUT2D eigenvalue weighted by Crippen LogP contribution is -2.43. The van der Waals surface area contributed by atoms with E-state index in [4.69, 9.17) is 38.3 Å². The van der Waals surface area contributed by atoms with Crippen molar-refractivity contribution in [2.45, 2.75) is 58.9 Å². The second-order valence-corrected chi connectivity index (χ2v) is 11.1. The third kappa shape index (κ3) is 6.61. The van der Waals surface area contributed by atoms with Crippen molar-refractivity contribution in [1.29, 1.82) is 0 Å². The summed E-state index contributed by atoms with van der Waals surface area (Å²) >= 11 is 13.1. The number of likely N-dealkylation sites (tertiary alicyclic amines) is 1. The smallest absolute Gasteiger partial charge is 0.304 e. The summed E-state index contributed by atoms with van der Waals surface area (Å²) < 4.78 is 0. The number of hydrogen-bond acceptors (Lipinski definition) is 6. The van der Waals surface area contributed by atoms with Gasteiger partial charge in [-0.3, -0.25) is 4.79 Å². The number of aromatic nitrogens is 2. The highest BCUT2D eigenvalue weighted by atomic mass is 35.5. The summed E-state index contributed by atoms with van der Waals surface area (Å²) in [5, 5.41) is 13.7. The maximum atomic E-state index is 11.0. The third-order valence-electron chi connectivity index (χ3n) is 7.65. The Bertz CT molecular complexity index is 1070. The van der Waals surface area contributed by atoms with Crippen LogP contribution in [0.2, 0.25) is 10.0 Å². The average molecular weight is 535 g/mol. The second-order valence-electron chi connectivity index (χ2n) is 10.3. The molecule has 9 heteroatoms. The second kappa shape index (κ2) is 12.0. The molecule has 2 atom stereocenters. The molecule has 196 valence electrons. The number of hydrogen-bond donors (Lipinski definition) is 2. The monoisotopic (exact) mass is 533 g/mol. The molecule has 1 aromatic carbocycles. The fraction of sp³-hybridized carbons (Fsp3) is 0.593. The molecule has 2 aliphatic heterocycles. The number of carbonyl (C=O) groups is 1. The molecule has 2 N–H and O–H groups in total. The van der Waals surface area contributed by atoms with E-state index in [1.54, 1.807) is 0 Å². The minimum absolute atomic E-state index is 0.0566. The fourth-order valence-electron chi connectivity index (χ4n) is 5.55. The van der Waals surface area contributed by atoms with Gasteiger partial charge >= 0.3 is 5.97 Å². The number of nitrogens with zero attached hydrogens (tertiary/aromatic N) is 4. The minimum atomic E-state index is -0.714. The number of carboxylic acids is 1. The zero-order chi connectivity index (χ0) is 25.8. The van der Waals surface area contributed by atoms with Crippen molar-refractivity contribution in [1.82, 2.24) is 14.9 Å². The lowest BCUT2D eigenvalue weighted by Gasteiger charge is -2.41. The molecule has 2 aromatic rings. The van der Waals surface area contributed by atoms with E-state index < -0.39 is 5.97 Å². The van der Waals surface area contributed by atoms with Crippen LogP contribution in [-0.4, -0.2) is 58.7 Å². The van der Waals surface area contributed by atoms with Crippen molar-refractivity contribution >= 4 is 40.9 Å². The van der Waals surface area contributed by atoms with Gasteiger partial charge in [0, 0.05) is 31.2 Å². The molecule has 0 amide bonds. The number of anilines is 2. The Morgan fingerprint density at radius 1 is 1.14 bits per heavy atom. The molecule has 3 heterocycles. The van der Waals surface area contributed by atoms with Crippen molar-refractivity contribution in [2.24, 2.45) is 11.8 Å². The van der Waals surface area contributed by atoms with E-state index in [1.807, 2.05) is 26.0 Å². The molecular weight excluding hydrogens is 497 g/mol. The summed E-state index contributed by atoms with van der Waals surface area (Å²) in [6, 6.07) is 6.00. The van der Waals surface area contributed by atoms with Gasteiger partial charge in [-0.1, -0.05) is 35.3 Å². The standard InChI is InChI=1S/C27H37Cl2N5O2/c1-17-6-7-22(23(28)15-17)18(2)30-26-25(29)19(3)31-27(32-26)34-13-8-20(9-14-34)21-5-4-11-33(16-21)12-10-24(35)36/h6-7,15,18,20-21H,4-5,8-14,16H2,1-3H3,(H,35,36)(H,30,31,32)/t18-,21?/m1/s1. The van der Waals surface area contributed by atoms with E-state index in [0.29, 0.717) is 35.2 Å². The first-order chi connectivity index (χ1) is 17.2. The lowest BCUT2D eigenvalue weighted by molar-refractivity contribution is -0.137. The van der Waals surface area contributed by atoms with E-state index >= 15 is 0 Å². The van der Waals surface area contributed by atoms with Crippen LogP contribution in [0.5, 0.6) is 0 Å². The van der Waals surface area contributed by atoms with Gasteiger partial charge in [-0.25, -0.2) is 4.98 Å². The molecule has 7 nitrogen and oxygen atoms in total. The van der Waals surface area contributed by atoms with Crippen LogP contribution in [0.3, 0.4) is 0 Å². The summed E-state index contributed by atoms with van der Waals surface area (Å²) in [4.78, 5) is 25.1. The van der Waals surface area contributed by atoms with Gasteiger partial charge in [-0.05, 0) is 82.0 Å². The van der Waals surface area contributed by atoms with Crippen molar-refractivity contribution in [3.05, 3.63) is 45.1 Å². The van der Waals surface area contributed by atoms with Gasteiger partial charge < -0.3 is 20.2 Å². The molecule has 0 saturated carbocycles. The van der Waals surface area contributed by atoms with Gasteiger partial charge in [-0.2, -0.15) is 4.98 Å². The summed E-state index contributed by atoms with van der Waals surface area (Å²) in [6.45, 7) is 10.5. The zero-order valence-electron chi connectivity index (χ0n) is 21.4. The van der Waals surface area contributed by atoms with Crippen LogP contribution in [-0.2, 0) is 4.79 Å². The van der Waals surface area contributed by atoms with Gasteiger partial charge in [-0.15, -0.1) is 0 Å². The number of rotatable bonds is 8. The average Bonchev–Trinajstić information content (AvgIpc) is 2.85. The highest BCUT2D eigenvalue weighted by Crippen LogP contribution is 2.35. The van der Waals surface area contributed by atoms with Crippen molar-refractivity contribution < 1.29 is 9.90 Å². The van der Waals surface area contributed by atoms with Crippen LogP contribution < -0.4 is 10.2 Å². The van der Waals surface area contributed by atoms with E-state index in [1.165, 1.54) is 6.42 Å². The molecule has 4 rings (SSSR count). The summed E-state index contributed by atoms with van der Waals surface area (Å²) in [5.41, 5.74) is 2.88. The van der Waals surface area contributed by atoms with Crippen molar-refractivity contribution in [3.8, 4) is 0 Å². The Labute approximate surface area is 224 Å². The SMILES string of the molecule is Cc1ccc([C@@H](C)Nc2nc(N3CCC(C4CCCN(CCC(=O)O)C4)CC3)nc(C)c2Cl)c(Cl)c1. The van der Waals surface area contributed by atoms with Gasteiger partial charge in [0.2, 0.25) is 5.95 Å². The van der Waals surface area contributed by atoms with E-state index in [9.17, 15) is 4.79 Å². The van der Waals surface area contributed by atoms with Crippen LogP contribution in [0.1, 0.15) is 61.9 Å². The number of halogens is 2. The molecular formula is C27H37Cl2N5O2. The number of aliphatic carboxylic acids is 1. The Balaban J connectivity index is 1.39. The summed E-state index contributed by atoms with van der Waals surface area (Å²) in [7, 11) is 0. The fourth-order valence-corrected chi connectivity index (χ4v) is 6.09. The largest absolute Gasteiger partial charge is 0.481 e. The predicted octanol–water partition coefficient (Wildman–Crippen LogP) is 5.98. The van der Waals surface area contributed by atoms with Gasteiger partial charge in [0.25, 0.3) is 0 Å². The normalized spacial score (nSPS) is 20.4. The highest BCUT2D eigenvalue weighted by molar-refractivity contribution is 6.33. The number of piperidine rings is 2. The molecule has 0 radical (unpaired) electrons. The van der Waals surface area contributed by atoms with Crippen LogP contribution in [0.25, 0.3) is 0 Å². The van der Waals surface area contributed by atoms with Crippen LogP contribution in [0, 0.1) is 25.7 Å². The first kappa shape index (κ1) is 27.0. The van der Waals surface area contributed by atoms with Gasteiger partial charge in [0.15, 0.2) is 5.82 Å². The quantitative estimate of drug-likeness (QED) is 0.432. The van der Waals surface area contributed by atoms with E-state index in [0.717, 1.165) is 67.3 Å². The lowest BCUT2D eigenvalue weighted by atomic mass is 9.79. The molecule has 36 heavy (non-hydrogen) atoms. The van der Waals surface area contributed by atoms with Crippen LogP contribution >= 0.6 is 23.2 Å². The number of nitrogens with one attached hydrogen (secondary N) is 1. The number of carboxylic acid groups (broad SMARTS) is 1. The minimum Gasteiger partial charge on any atom is -0.481 e. The summed E-state index contributed by atoms with van der Waals surface area (Å²) in [6.07, 6.45) is 4.81. The van der Waals surface area contributed by atoms with E-state index in [2.05, 4.69) is 28.1 Å². The zero-order valence-corrected chi connectivity index (χ0v) is 22.9. The molecule has 2 fully saturated rings. The first-order valence-corrected chi connectivity index (χ1v) is 13.7. The molecule has 1 aromatic heterocycles. The Morgan fingerprint density at radius 3 is 2.58 bits per heavy atom. The Kier molecular flexibility index (Phi) is 8.96. The topological polar surface area (TPSA) is 81.6 Å². The Morgan fingerprint density at radius 2 is 1.89 bits per heavy atom. The van der Waals surface area contributed by atoms with Crippen LogP contribution in [0.4, 0.5) is 11.8 Å². The molecule has 0 bridgehead atoms. The van der Waals surface area contributed by atoms with E-state index in [-0.39, 0.29) is 12.5 Å². The van der Waals surface area contributed by atoms with Crippen LogP contribution in [0.15, 0.2) is 18.2 Å². The van der Waals surface area contributed by atoms with Gasteiger partial charge in [0.05, 0.1) is 18.2 Å². The molecule has 0 aliphatic carbocycles. The molecule has 2 aliphatic rings. The maximum Gasteiger partial charge on any atom is 0.304 e. The predicted molar refractivity (Wildman–Crippen MR) is 146 cm³/mol. The number of aryl methyl sites for hydroxylation is 2.